The normalized spacial score (nSPS) is 13.6. The molecule has 200 valence electrons. The third kappa shape index (κ3) is 4.16. The van der Waals surface area contributed by atoms with Gasteiger partial charge < -0.3 is 0 Å². The molecule has 0 saturated carbocycles. The smallest absolute Gasteiger partial charge is 0.210 e. The van der Waals surface area contributed by atoms with Gasteiger partial charge in [-0.2, -0.15) is 4.57 Å². The number of pyridine rings is 1. The zero-order chi connectivity index (χ0) is 28.0. The molecule has 0 fully saturated rings. The first-order valence-electron chi connectivity index (χ1n) is 14.2. The zero-order valence-corrected chi connectivity index (χ0v) is 24.1. The van der Waals surface area contributed by atoms with E-state index in [1.54, 1.807) is 11.3 Å². The summed E-state index contributed by atoms with van der Waals surface area (Å²) in [5.41, 5.74) is 10.0. The second kappa shape index (κ2) is 10.1. The van der Waals surface area contributed by atoms with Gasteiger partial charge in [-0.15, -0.1) is 16.4 Å². The minimum absolute atomic E-state index is 0.120. The van der Waals surface area contributed by atoms with E-state index in [2.05, 4.69) is 132 Å². The van der Waals surface area contributed by atoms with Gasteiger partial charge in [-0.25, -0.2) is 4.68 Å². The average molecular weight is 552 g/mol. The Morgan fingerprint density at radius 2 is 1.37 bits per heavy atom. The summed E-state index contributed by atoms with van der Waals surface area (Å²) in [5.74, 6) is 0. The molecule has 0 atom stereocenters. The van der Waals surface area contributed by atoms with Gasteiger partial charge in [0, 0.05) is 36.1 Å². The number of hydrogen-bond acceptors (Lipinski definition) is 3. The molecule has 1 aliphatic heterocycles. The van der Waals surface area contributed by atoms with E-state index in [0.717, 1.165) is 40.2 Å². The summed E-state index contributed by atoms with van der Waals surface area (Å²) in [6.45, 7) is 9.15. The van der Waals surface area contributed by atoms with Crippen molar-refractivity contribution in [2.24, 2.45) is 0 Å². The van der Waals surface area contributed by atoms with Gasteiger partial charge in [-0.3, -0.25) is 0 Å². The van der Waals surface area contributed by atoms with Crippen LogP contribution in [0.1, 0.15) is 31.6 Å². The maximum atomic E-state index is 4.65. The predicted molar refractivity (Wildman–Crippen MR) is 169 cm³/mol. The molecule has 7 rings (SSSR count). The van der Waals surface area contributed by atoms with Crippen molar-refractivity contribution in [2.75, 3.05) is 0 Å². The van der Waals surface area contributed by atoms with Gasteiger partial charge in [0.05, 0.1) is 16.6 Å². The third-order valence-corrected chi connectivity index (χ3v) is 9.67. The lowest BCUT2D eigenvalue weighted by Gasteiger charge is -2.33. The number of thiophene rings is 1. The summed E-state index contributed by atoms with van der Waals surface area (Å²) in [6, 6.07) is 36.4. The summed E-state index contributed by atoms with van der Waals surface area (Å²) < 4.78 is 4.33. The van der Waals surface area contributed by atoms with Gasteiger partial charge in [0.2, 0.25) is 5.69 Å². The fraction of sp³-hybridized carbons (Fsp3) is 0.139. The Labute approximate surface area is 244 Å². The van der Waals surface area contributed by atoms with Gasteiger partial charge in [0.25, 0.3) is 0 Å². The van der Waals surface area contributed by atoms with Gasteiger partial charge in [-0.05, 0) is 52.6 Å². The lowest BCUT2D eigenvalue weighted by Crippen LogP contribution is -2.58. The Hall–Kier alpha value is -4.61. The average Bonchev–Trinajstić information content (AvgIpc) is 3.71. The number of aromatic nitrogens is 4. The van der Waals surface area contributed by atoms with Crippen LogP contribution in [0.15, 0.2) is 122 Å². The van der Waals surface area contributed by atoms with Gasteiger partial charge >= 0.3 is 0 Å². The summed E-state index contributed by atoms with van der Waals surface area (Å²) in [7, 11) is 0. The van der Waals surface area contributed by atoms with E-state index in [1.165, 1.54) is 32.8 Å². The van der Waals surface area contributed by atoms with E-state index in [-0.39, 0.29) is 5.54 Å². The summed E-state index contributed by atoms with van der Waals surface area (Å²) in [5, 5.41) is 10.3. The van der Waals surface area contributed by atoms with E-state index in [1.807, 2.05) is 23.0 Å². The van der Waals surface area contributed by atoms with Crippen LogP contribution in [0, 0.1) is 0 Å². The fourth-order valence-corrected chi connectivity index (χ4v) is 7.34. The number of hydrogen-bond donors (Lipinski definition) is 0. The van der Waals surface area contributed by atoms with Crippen LogP contribution in [0.3, 0.4) is 0 Å². The molecule has 0 aliphatic carbocycles. The van der Waals surface area contributed by atoms with E-state index < -0.39 is 0 Å². The van der Waals surface area contributed by atoms with Crippen molar-refractivity contribution in [1.29, 1.82) is 0 Å². The molecule has 0 spiro atoms. The Kier molecular flexibility index (Phi) is 6.25. The number of fused-ring (bicyclic) bond motifs is 3. The van der Waals surface area contributed by atoms with Gasteiger partial charge in [-0.1, -0.05) is 86.3 Å². The van der Waals surface area contributed by atoms with Crippen LogP contribution in [0.4, 0.5) is 0 Å². The molecule has 5 heteroatoms. The van der Waals surface area contributed by atoms with Crippen LogP contribution < -0.4 is 4.57 Å². The van der Waals surface area contributed by atoms with Crippen LogP contribution >= 0.6 is 11.3 Å². The molecule has 0 radical (unpaired) electrons. The summed E-state index contributed by atoms with van der Waals surface area (Å²) in [4.78, 5) is 1.24. The predicted octanol–water partition coefficient (Wildman–Crippen LogP) is 8.83. The van der Waals surface area contributed by atoms with Crippen LogP contribution in [0.5, 0.6) is 0 Å². The van der Waals surface area contributed by atoms with Crippen LogP contribution in [0.2, 0.25) is 0 Å². The zero-order valence-electron chi connectivity index (χ0n) is 23.3. The Balaban J connectivity index is 1.32. The van der Waals surface area contributed by atoms with E-state index >= 15 is 0 Å². The third-order valence-electron chi connectivity index (χ3n) is 8.48. The molecule has 4 nitrogen and oxygen atoms in total. The molecular weight excluding hydrogens is 520 g/mol. The van der Waals surface area contributed by atoms with E-state index in [0.29, 0.717) is 0 Å². The van der Waals surface area contributed by atoms with Gasteiger partial charge in [0.15, 0.2) is 11.7 Å². The van der Waals surface area contributed by atoms with Crippen molar-refractivity contribution in [3.8, 4) is 49.8 Å². The first-order chi connectivity index (χ1) is 20.1. The molecule has 6 aromatic rings. The Morgan fingerprint density at radius 1 is 0.756 bits per heavy atom. The fourth-order valence-electron chi connectivity index (χ4n) is 6.19. The number of rotatable bonds is 6. The SMILES string of the molecule is C=C1c2sc(-n3cc(-c4cc(-c5ccccc5)cc(-c5ccccc5)c4)nn3)cc2-c2cccc[n+]2C1(CC)CC. The lowest BCUT2D eigenvalue weighted by molar-refractivity contribution is -0.741. The minimum atomic E-state index is -0.120. The molecule has 0 unspecified atom stereocenters. The molecule has 41 heavy (non-hydrogen) atoms. The van der Waals surface area contributed by atoms with Crippen molar-refractivity contribution in [3.05, 3.63) is 127 Å². The Morgan fingerprint density at radius 3 is 2.00 bits per heavy atom. The van der Waals surface area contributed by atoms with Crippen molar-refractivity contribution in [1.82, 2.24) is 15.0 Å². The maximum Gasteiger partial charge on any atom is 0.214 e. The topological polar surface area (TPSA) is 34.6 Å². The second-order valence-corrected chi connectivity index (χ2v) is 11.6. The highest BCUT2D eigenvalue weighted by molar-refractivity contribution is 7.16. The van der Waals surface area contributed by atoms with E-state index in [9.17, 15) is 0 Å². The molecule has 4 heterocycles. The van der Waals surface area contributed by atoms with Crippen molar-refractivity contribution >= 4 is 16.9 Å². The first kappa shape index (κ1) is 25.4. The molecule has 0 saturated heterocycles. The standard InChI is InChI=1S/C36H31N4S/c1-4-36(5-2)25(3)35-31(33-18-12-13-19-39(33)36)23-34(41-35)40-24-32(37-38-40)30-21-28(26-14-8-6-9-15-26)20-29(22-30)27-16-10-7-11-17-27/h6-24H,3-5H2,1-2H3/q+1. The first-order valence-corrected chi connectivity index (χ1v) is 15.0. The molecule has 3 aromatic heterocycles. The lowest BCUT2D eigenvalue weighted by atomic mass is 9.79. The van der Waals surface area contributed by atoms with Crippen molar-refractivity contribution < 1.29 is 4.57 Å². The maximum absolute atomic E-state index is 4.65. The highest BCUT2D eigenvalue weighted by atomic mass is 32.1. The van der Waals surface area contributed by atoms with Crippen LogP contribution in [-0.2, 0) is 5.54 Å². The van der Waals surface area contributed by atoms with E-state index in [4.69, 9.17) is 0 Å². The van der Waals surface area contributed by atoms with Crippen LogP contribution in [0.25, 0.3) is 55.3 Å². The summed E-state index contributed by atoms with van der Waals surface area (Å²) in [6.07, 6.45) is 6.23. The molecule has 1 aliphatic rings. The molecule has 0 bridgehead atoms. The van der Waals surface area contributed by atoms with Gasteiger partial charge in [0.1, 0.15) is 10.7 Å². The van der Waals surface area contributed by atoms with Crippen molar-refractivity contribution in [2.45, 2.75) is 32.2 Å². The number of nitrogens with zero attached hydrogens (tertiary/aromatic N) is 4. The second-order valence-electron chi connectivity index (χ2n) is 10.6. The summed E-state index contributed by atoms with van der Waals surface area (Å²) >= 11 is 1.75. The Bertz CT molecular complexity index is 1820. The molecular formula is C36H31N4S+. The number of allylic oxidation sites excluding steroid dienone is 1. The van der Waals surface area contributed by atoms with Crippen molar-refractivity contribution in [3.63, 3.8) is 0 Å². The molecule has 3 aromatic carbocycles. The largest absolute Gasteiger partial charge is 0.214 e. The number of benzene rings is 3. The quantitative estimate of drug-likeness (QED) is 0.194. The monoisotopic (exact) mass is 551 g/mol. The molecule has 0 N–H and O–H groups in total. The molecule has 0 amide bonds. The van der Waals surface area contributed by atoms with Crippen LogP contribution in [-0.4, -0.2) is 15.0 Å². The minimum Gasteiger partial charge on any atom is -0.210 e. The highest BCUT2D eigenvalue weighted by Crippen LogP contribution is 2.47. The highest BCUT2D eigenvalue weighted by Gasteiger charge is 2.47.